The van der Waals surface area contributed by atoms with Gasteiger partial charge >= 0.3 is 6.18 Å². The van der Waals surface area contributed by atoms with Crippen molar-refractivity contribution >= 4 is 17.5 Å². The van der Waals surface area contributed by atoms with Gasteiger partial charge in [0.15, 0.2) is 0 Å². The molecule has 0 atom stereocenters. The third-order valence-corrected chi connectivity index (χ3v) is 2.80. The summed E-state index contributed by atoms with van der Waals surface area (Å²) in [6.07, 6.45) is -3.65. The highest BCUT2D eigenvalue weighted by Gasteiger charge is 2.34. The van der Waals surface area contributed by atoms with E-state index in [0.29, 0.717) is 13.1 Å². The lowest BCUT2D eigenvalue weighted by Crippen LogP contribution is -2.42. The van der Waals surface area contributed by atoms with E-state index in [-0.39, 0.29) is 11.5 Å². The zero-order valence-corrected chi connectivity index (χ0v) is 9.35. The third kappa shape index (κ3) is 2.36. The van der Waals surface area contributed by atoms with Gasteiger partial charge in [0.25, 0.3) is 5.91 Å². The second-order valence-corrected chi connectivity index (χ2v) is 4.04. The first kappa shape index (κ1) is 12.2. The van der Waals surface area contributed by atoms with Gasteiger partial charge in [-0.15, -0.1) is 0 Å². The minimum atomic E-state index is -4.55. The maximum atomic E-state index is 12.3. The highest BCUT2D eigenvalue weighted by molar-refractivity contribution is 6.32. The van der Waals surface area contributed by atoms with Crippen molar-refractivity contribution in [1.82, 2.24) is 9.88 Å². The normalized spacial score (nSPS) is 15.6. The number of halogens is 4. The van der Waals surface area contributed by atoms with Gasteiger partial charge in [-0.1, -0.05) is 11.6 Å². The molecule has 2 rings (SSSR count). The number of carbonyl (C=O) groups is 1. The topological polar surface area (TPSA) is 33.2 Å². The fraction of sp³-hybridized carbons (Fsp3) is 0.400. The molecule has 92 valence electrons. The molecular weight excluding hydrogens is 257 g/mol. The van der Waals surface area contributed by atoms with E-state index in [0.717, 1.165) is 18.6 Å². The molecule has 1 aliphatic rings. The van der Waals surface area contributed by atoms with Crippen molar-refractivity contribution in [2.24, 2.45) is 0 Å². The summed E-state index contributed by atoms with van der Waals surface area (Å²) in [7, 11) is 0. The Bertz CT molecular complexity index is 457. The van der Waals surface area contributed by atoms with Crippen molar-refractivity contribution in [3.63, 3.8) is 0 Å². The maximum Gasteiger partial charge on any atom is 0.433 e. The molecule has 1 fully saturated rings. The number of nitrogens with zero attached hydrogens (tertiary/aromatic N) is 2. The van der Waals surface area contributed by atoms with Crippen molar-refractivity contribution in [2.45, 2.75) is 12.6 Å². The van der Waals surface area contributed by atoms with Crippen molar-refractivity contribution in [3.05, 3.63) is 28.5 Å². The van der Waals surface area contributed by atoms with E-state index in [4.69, 9.17) is 11.6 Å². The summed E-state index contributed by atoms with van der Waals surface area (Å²) < 4.78 is 37.0. The lowest BCUT2D eigenvalue weighted by molar-refractivity contribution is -0.141. The molecule has 1 aromatic heterocycles. The zero-order chi connectivity index (χ0) is 12.6. The molecular formula is C10H8ClF3N2O. The second kappa shape index (κ2) is 4.18. The molecule has 0 N–H and O–H groups in total. The first-order valence-electron chi connectivity index (χ1n) is 4.92. The van der Waals surface area contributed by atoms with Gasteiger partial charge in [-0.05, 0) is 18.6 Å². The lowest BCUT2D eigenvalue weighted by Gasteiger charge is -2.31. The van der Waals surface area contributed by atoms with Crippen LogP contribution in [0.25, 0.3) is 0 Å². The van der Waals surface area contributed by atoms with Crippen LogP contribution in [-0.4, -0.2) is 28.9 Å². The van der Waals surface area contributed by atoms with Crippen LogP contribution < -0.4 is 0 Å². The molecule has 3 nitrogen and oxygen atoms in total. The fourth-order valence-corrected chi connectivity index (χ4v) is 1.68. The number of rotatable bonds is 1. The average Bonchev–Trinajstić information content (AvgIpc) is 2.12. The summed E-state index contributed by atoms with van der Waals surface area (Å²) in [5.41, 5.74) is -1.08. The van der Waals surface area contributed by atoms with Gasteiger partial charge in [0.05, 0.1) is 5.56 Å². The van der Waals surface area contributed by atoms with Crippen molar-refractivity contribution in [2.75, 3.05) is 13.1 Å². The van der Waals surface area contributed by atoms with Crippen LogP contribution in [0.4, 0.5) is 13.2 Å². The Balaban J connectivity index is 2.28. The molecule has 0 aliphatic carbocycles. The van der Waals surface area contributed by atoms with Crippen LogP contribution in [0.15, 0.2) is 12.1 Å². The second-order valence-electron chi connectivity index (χ2n) is 3.68. The van der Waals surface area contributed by atoms with E-state index in [2.05, 4.69) is 4.98 Å². The summed E-state index contributed by atoms with van der Waals surface area (Å²) >= 11 is 5.60. The van der Waals surface area contributed by atoms with Gasteiger partial charge in [-0.3, -0.25) is 4.79 Å². The van der Waals surface area contributed by atoms with Gasteiger partial charge in [-0.2, -0.15) is 13.2 Å². The SMILES string of the molecule is O=C(c1ccc(C(F)(F)F)nc1Cl)N1CCC1. The van der Waals surface area contributed by atoms with Gasteiger partial charge in [0.1, 0.15) is 10.8 Å². The zero-order valence-electron chi connectivity index (χ0n) is 8.59. The number of amides is 1. The Morgan fingerprint density at radius 3 is 2.41 bits per heavy atom. The molecule has 1 amide bonds. The van der Waals surface area contributed by atoms with E-state index in [1.165, 1.54) is 4.90 Å². The van der Waals surface area contributed by atoms with Crippen LogP contribution in [0.2, 0.25) is 5.15 Å². The average molecular weight is 265 g/mol. The van der Waals surface area contributed by atoms with Crippen LogP contribution in [0.3, 0.4) is 0 Å². The number of likely N-dealkylation sites (tertiary alicyclic amines) is 1. The number of aromatic nitrogens is 1. The van der Waals surface area contributed by atoms with Gasteiger partial charge in [0.2, 0.25) is 0 Å². The van der Waals surface area contributed by atoms with E-state index >= 15 is 0 Å². The minimum Gasteiger partial charge on any atom is -0.338 e. The molecule has 1 aliphatic heterocycles. The van der Waals surface area contributed by atoms with E-state index in [1.807, 2.05) is 0 Å². The maximum absolute atomic E-state index is 12.3. The summed E-state index contributed by atoms with van der Waals surface area (Å²) in [4.78, 5) is 16.4. The molecule has 0 saturated carbocycles. The van der Waals surface area contributed by atoms with E-state index < -0.39 is 17.0 Å². The third-order valence-electron chi connectivity index (χ3n) is 2.51. The first-order chi connectivity index (χ1) is 7.89. The Hall–Kier alpha value is -1.30. The van der Waals surface area contributed by atoms with Crippen LogP contribution in [0.1, 0.15) is 22.5 Å². The Kier molecular flexibility index (Phi) is 2.99. The smallest absolute Gasteiger partial charge is 0.338 e. The van der Waals surface area contributed by atoms with Gasteiger partial charge in [-0.25, -0.2) is 4.98 Å². The standard InChI is InChI=1S/C10H8ClF3N2O/c11-8-6(9(17)16-4-1-5-16)2-3-7(15-8)10(12,13)14/h2-3H,1,4-5H2. The number of hydrogen-bond acceptors (Lipinski definition) is 2. The monoisotopic (exact) mass is 264 g/mol. The predicted molar refractivity (Wildman–Crippen MR) is 54.8 cm³/mol. The number of carbonyl (C=O) groups excluding carboxylic acids is 1. The number of hydrogen-bond donors (Lipinski definition) is 0. The molecule has 17 heavy (non-hydrogen) atoms. The summed E-state index contributed by atoms with van der Waals surface area (Å²) in [5.74, 6) is -0.373. The summed E-state index contributed by atoms with van der Waals surface area (Å²) in [6.45, 7) is 1.21. The Labute approximate surface area is 100 Å². The largest absolute Gasteiger partial charge is 0.433 e. The van der Waals surface area contributed by atoms with Crippen LogP contribution in [0, 0.1) is 0 Å². The van der Waals surface area contributed by atoms with Crippen molar-refractivity contribution in [1.29, 1.82) is 0 Å². The molecule has 0 spiro atoms. The van der Waals surface area contributed by atoms with Crippen LogP contribution in [-0.2, 0) is 6.18 Å². The Morgan fingerprint density at radius 2 is 2.00 bits per heavy atom. The summed E-state index contributed by atoms with van der Waals surface area (Å²) in [5, 5.41) is -0.406. The predicted octanol–water partition coefficient (Wildman–Crippen LogP) is 2.60. The van der Waals surface area contributed by atoms with E-state index in [1.54, 1.807) is 0 Å². The molecule has 0 unspecified atom stereocenters. The fourth-order valence-electron chi connectivity index (χ4n) is 1.44. The highest BCUT2D eigenvalue weighted by Crippen LogP contribution is 2.30. The highest BCUT2D eigenvalue weighted by atomic mass is 35.5. The minimum absolute atomic E-state index is 0.0133. The van der Waals surface area contributed by atoms with Crippen LogP contribution >= 0.6 is 11.6 Å². The molecule has 7 heteroatoms. The molecule has 1 saturated heterocycles. The van der Waals surface area contributed by atoms with Crippen LogP contribution in [0.5, 0.6) is 0 Å². The molecule has 0 radical (unpaired) electrons. The van der Waals surface area contributed by atoms with Crippen molar-refractivity contribution < 1.29 is 18.0 Å². The number of pyridine rings is 1. The van der Waals surface area contributed by atoms with E-state index in [9.17, 15) is 18.0 Å². The lowest BCUT2D eigenvalue weighted by atomic mass is 10.1. The first-order valence-corrected chi connectivity index (χ1v) is 5.30. The van der Waals surface area contributed by atoms with Gasteiger partial charge < -0.3 is 4.90 Å². The molecule has 0 aromatic carbocycles. The molecule has 1 aromatic rings. The van der Waals surface area contributed by atoms with Crippen molar-refractivity contribution in [3.8, 4) is 0 Å². The molecule has 2 heterocycles. The quantitative estimate of drug-likeness (QED) is 0.731. The number of alkyl halides is 3. The molecule has 0 bridgehead atoms. The summed E-state index contributed by atoms with van der Waals surface area (Å²) in [6, 6.07) is 1.83. The Morgan fingerprint density at radius 1 is 1.35 bits per heavy atom. The van der Waals surface area contributed by atoms with Gasteiger partial charge in [0, 0.05) is 13.1 Å².